The van der Waals surface area contributed by atoms with Crippen molar-refractivity contribution < 1.29 is 38.0 Å². The summed E-state index contributed by atoms with van der Waals surface area (Å²) in [5.41, 5.74) is 2.47. The summed E-state index contributed by atoms with van der Waals surface area (Å²) in [4.78, 5) is 25.8. The molecule has 2 aliphatic rings. The Morgan fingerprint density at radius 2 is 1.50 bits per heavy atom. The molecule has 0 bridgehead atoms. The van der Waals surface area contributed by atoms with Gasteiger partial charge in [0.15, 0.2) is 17.3 Å². The van der Waals surface area contributed by atoms with Gasteiger partial charge in [-0.05, 0) is 42.0 Å². The number of allylic oxidation sites excluding steroid dienone is 1. The minimum absolute atomic E-state index is 0.0321. The topological polar surface area (TPSA) is 89.5 Å². The first-order valence-electron chi connectivity index (χ1n) is 11.2. The number of hydrogen-bond donors (Lipinski definition) is 0. The number of benzene rings is 3. The molecule has 0 N–H and O–H groups in total. The third kappa shape index (κ3) is 3.90. The number of ketones is 1. The van der Waals surface area contributed by atoms with E-state index >= 15 is 0 Å². The monoisotopic (exact) mass is 488 g/mol. The molecule has 0 radical (unpaired) electrons. The molecule has 0 fully saturated rings. The fourth-order valence-corrected chi connectivity index (χ4v) is 4.55. The Bertz CT molecular complexity index is 1390. The van der Waals surface area contributed by atoms with Gasteiger partial charge in [-0.2, -0.15) is 0 Å². The molecule has 0 unspecified atom stereocenters. The van der Waals surface area contributed by atoms with Crippen molar-refractivity contribution in [2.45, 2.75) is 12.3 Å². The summed E-state index contributed by atoms with van der Waals surface area (Å²) in [7, 11) is 6.20. The van der Waals surface area contributed by atoms with Crippen LogP contribution in [0.2, 0.25) is 0 Å². The van der Waals surface area contributed by atoms with Crippen LogP contribution in [0.5, 0.6) is 34.5 Å². The van der Waals surface area contributed by atoms with Gasteiger partial charge in [0, 0.05) is 23.1 Å². The van der Waals surface area contributed by atoms with Crippen molar-refractivity contribution in [3.05, 3.63) is 76.5 Å². The van der Waals surface area contributed by atoms with Gasteiger partial charge in [0.2, 0.25) is 5.78 Å². The van der Waals surface area contributed by atoms with Crippen LogP contribution in [-0.4, -0.2) is 40.2 Å². The van der Waals surface area contributed by atoms with E-state index in [0.717, 1.165) is 5.56 Å². The minimum atomic E-state index is -0.501. The number of Topliss-reactive ketones (excluding diaryl/α,β-unsaturated/α-hetero) is 1. The lowest BCUT2D eigenvalue weighted by molar-refractivity contribution is -0.135. The summed E-state index contributed by atoms with van der Waals surface area (Å²) in [5, 5.41) is 0. The van der Waals surface area contributed by atoms with E-state index in [4.69, 9.17) is 28.4 Å². The zero-order chi connectivity index (χ0) is 25.4. The zero-order valence-corrected chi connectivity index (χ0v) is 20.2. The summed E-state index contributed by atoms with van der Waals surface area (Å²) in [6.07, 6.45) is 1.71. The normalized spacial score (nSPS) is 17.1. The van der Waals surface area contributed by atoms with Crippen molar-refractivity contribution in [3.8, 4) is 34.5 Å². The fourth-order valence-electron chi connectivity index (χ4n) is 4.55. The van der Waals surface area contributed by atoms with Gasteiger partial charge in [0.05, 0.1) is 40.4 Å². The largest absolute Gasteiger partial charge is 0.497 e. The van der Waals surface area contributed by atoms with Crippen molar-refractivity contribution in [2.75, 3.05) is 28.4 Å². The van der Waals surface area contributed by atoms with Crippen LogP contribution in [0.1, 0.15) is 39.4 Å². The molecule has 2 aliphatic heterocycles. The van der Waals surface area contributed by atoms with Gasteiger partial charge in [-0.15, -0.1) is 0 Å². The van der Waals surface area contributed by atoms with Crippen molar-refractivity contribution >= 4 is 17.8 Å². The first-order chi connectivity index (χ1) is 17.5. The zero-order valence-electron chi connectivity index (χ0n) is 20.2. The Hall–Kier alpha value is -4.46. The molecule has 1 atom stereocenters. The average Bonchev–Trinajstić information content (AvgIpc) is 3.22. The summed E-state index contributed by atoms with van der Waals surface area (Å²) in [6, 6.07) is 14.0. The molecule has 8 heteroatoms. The van der Waals surface area contributed by atoms with Gasteiger partial charge < -0.3 is 28.4 Å². The molecule has 2 heterocycles. The van der Waals surface area contributed by atoms with Crippen LogP contribution in [0.25, 0.3) is 6.08 Å². The number of esters is 1. The molecule has 0 aliphatic carbocycles. The summed E-state index contributed by atoms with van der Waals surface area (Å²) in [6.45, 7) is 0. The molecule has 3 aromatic carbocycles. The molecular weight excluding hydrogens is 464 g/mol. The smallest absolute Gasteiger partial charge is 0.312 e. The number of carbonyl (C=O) groups is 2. The summed E-state index contributed by atoms with van der Waals surface area (Å²) >= 11 is 0. The Labute approximate surface area is 207 Å². The number of ether oxygens (including phenoxy) is 6. The van der Waals surface area contributed by atoms with Crippen molar-refractivity contribution in [2.24, 2.45) is 0 Å². The van der Waals surface area contributed by atoms with E-state index in [-0.39, 0.29) is 18.0 Å². The molecule has 0 saturated carbocycles. The first-order valence-corrected chi connectivity index (χ1v) is 11.2. The molecule has 0 amide bonds. The third-order valence-corrected chi connectivity index (χ3v) is 6.30. The lowest BCUT2D eigenvalue weighted by atomic mass is 9.84. The Balaban J connectivity index is 1.62. The maximum atomic E-state index is 13.2. The first kappa shape index (κ1) is 23.3. The summed E-state index contributed by atoms with van der Waals surface area (Å²) < 4.78 is 33.4. The number of hydrogen-bond acceptors (Lipinski definition) is 8. The Kier molecular flexibility index (Phi) is 6.01. The van der Waals surface area contributed by atoms with Crippen LogP contribution in [0.3, 0.4) is 0 Å². The number of methoxy groups -OCH3 is 4. The van der Waals surface area contributed by atoms with Gasteiger partial charge in [0.25, 0.3) is 0 Å². The molecule has 36 heavy (non-hydrogen) atoms. The maximum Gasteiger partial charge on any atom is 0.312 e. The standard InChI is InChI=1S/C28H24O8/c1-31-16-7-5-15(6-8-16)11-24-27(30)17-9-10-20-26(28(17)36-24)19(13-25(29)35-20)18-12-22(33-3)23(34-4)14-21(18)32-2/h5-12,14,19H,13H2,1-4H3/b24-11+/t19-/m1/s1. The minimum Gasteiger partial charge on any atom is -0.497 e. The predicted molar refractivity (Wildman–Crippen MR) is 131 cm³/mol. The van der Waals surface area contributed by atoms with Crippen molar-refractivity contribution in [1.29, 1.82) is 0 Å². The second-order valence-corrected chi connectivity index (χ2v) is 8.25. The molecule has 0 spiro atoms. The van der Waals surface area contributed by atoms with Crippen LogP contribution in [-0.2, 0) is 4.79 Å². The molecule has 184 valence electrons. The van der Waals surface area contributed by atoms with Crippen LogP contribution in [0, 0.1) is 0 Å². The lowest BCUT2D eigenvalue weighted by Crippen LogP contribution is -2.22. The van der Waals surface area contributed by atoms with E-state index in [1.165, 1.54) is 21.3 Å². The van der Waals surface area contributed by atoms with Crippen molar-refractivity contribution in [1.82, 2.24) is 0 Å². The highest BCUT2D eigenvalue weighted by atomic mass is 16.5. The van der Waals surface area contributed by atoms with E-state index in [0.29, 0.717) is 51.2 Å². The highest BCUT2D eigenvalue weighted by Crippen LogP contribution is 2.51. The number of carbonyl (C=O) groups excluding carboxylic acids is 2. The maximum absolute atomic E-state index is 13.2. The highest BCUT2D eigenvalue weighted by Gasteiger charge is 2.39. The highest BCUT2D eigenvalue weighted by molar-refractivity contribution is 6.15. The fraction of sp³-hybridized carbons (Fsp3) is 0.214. The van der Waals surface area contributed by atoms with E-state index in [2.05, 4.69) is 0 Å². The lowest BCUT2D eigenvalue weighted by Gasteiger charge is -2.28. The van der Waals surface area contributed by atoms with Crippen LogP contribution >= 0.6 is 0 Å². The van der Waals surface area contributed by atoms with Crippen LogP contribution in [0.4, 0.5) is 0 Å². The third-order valence-electron chi connectivity index (χ3n) is 6.30. The number of fused-ring (bicyclic) bond motifs is 3. The van der Waals surface area contributed by atoms with Gasteiger partial charge in [-0.1, -0.05) is 12.1 Å². The molecule has 3 aromatic rings. The van der Waals surface area contributed by atoms with E-state index in [1.807, 2.05) is 12.1 Å². The quantitative estimate of drug-likeness (QED) is 0.278. The molecular formula is C28H24O8. The number of rotatable bonds is 6. The Morgan fingerprint density at radius 3 is 2.17 bits per heavy atom. The molecule has 8 nitrogen and oxygen atoms in total. The summed E-state index contributed by atoms with van der Waals surface area (Å²) in [5.74, 6) is 1.93. The average molecular weight is 488 g/mol. The Morgan fingerprint density at radius 1 is 0.806 bits per heavy atom. The SMILES string of the molecule is COc1ccc(/C=C2/Oc3c(ccc4c3[C@@H](c3cc(OC)c(OC)cc3OC)CC(=O)O4)C2=O)cc1. The van der Waals surface area contributed by atoms with Gasteiger partial charge in [-0.3, -0.25) is 9.59 Å². The molecule has 0 aromatic heterocycles. The van der Waals surface area contributed by atoms with E-state index in [1.54, 1.807) is 49.6 Å². The van der Waals surface area contributed by atoms with E-state index < -0.39 is 11.9 Å². The van der Waals surface area contributed by atoms with Crippen LogP contribution < -0.4 is 28.4 Å². The van der Waals surface area contributed by atoms with Crippen molar-refractivity contribution in [3.63, 3.8) is 0 Å². The van der Waals surface area contributed by atoms with Gasteiger partial charge >= 0.3 is 5.97 Å². The second-order valence-electron chi connectivity index (χ2n) is 8.25. The second kappa shape index (κ2) is 9.30. The van der Waals surface area contributed by atoms with E-state index in [9.17, 15) is 9.59 Å². The van der Waals surface area contributed by atoms with Crippen LogP contribution in [0.15, 0.2) is 54.3 Å². The predicted octanol–water partition coefficient (Wildman–Crippen LogP) is 4.78. The molecule has 5 rings (SSSR count). The van der Waals surface area contributed by atoms with Gasteiger partial charge in [-0.25, -0.2) is 0 Å². The molecule has 0 saturated heterocycles. The van der Waals surface area contributed by atoms with Gasteiger partial charge in [0.1, 0.15) is 23.0 Å².